The lowest BCUT2D eigenvalue weighted by molar-refractivity contribution is -0.897. The number of carboxylic acids is 1. The minimum absolute atomic E-state index is 0.134. The van der Waals surface area contributed by atoms with Crippen LogP contribution in [0.25, 0.3) is 0 Å². The van der Waals surface area contributed by atoms with Crippen LogP contribution in [0.5, 0.6) is 0 Å². The highest BCUT2D eigenvalue weighted by molar-refractivity contribution is 8.00. The maximum atomic E-state index is 13.0. The van der Waals surface area contributed by atoms with Gasteiger partial charge in [0, 0.05) is 11.1 Å². The van der Waals surface area contributed by atoms with Crippen molar-refractivity contribution >= 4 is 63.1 Å². The molecule has 2 aromatic rings. The van der Waals surface area contributed by atoms with E-state index in [0.717, 1.165) is 17.9 Å². The van der Waals surface area contributed by atoms with Gasteiger partial charge < -0.3 is 30.3 Å². The summed E-state index contributed by atoms with van der Waals surface area (Å²) < 4.78 is 0.688. The van der Waals surface area contributed by atoms with Crippen molar-refractivity contribution in [2.24, 2.45) is 5.16 Å². The third-order valence-electron chi connectivity index (χ3n) is 5.72. The molecule has 0 saturated carbocycles. The maximum absolute atomic E-state index is 13.0. The number of carbonyl (C=O) groups is 3. The van der Waals surface area contributed by atoms with Crippen molar-refractivity contribution in [1.29, 1.82) is 0 Å². The number of carbonyl (C=O) groups excluding carboxylic acids is 3. The number of hydrogen-bond acceptors (Lipinski definition) is 11. The predicted molar refractivity (Wildman–Crippen MR) is 141 cm³/mol. The molecule has 1 saturated heterocycles. The number of hydrogen-bond donors (Lipinski definition) is 2. The van der Waals surface area contributed by atoms with E-state index in [1.54, 1.807) is 22.8 Å². The zero-order valence-corrected chi connectivity index (χ0v) is 22.8. The molecule has 2 aliphatic rings. The van der Waals surface area contributed by atoms with Crippen LogP contribution in [-0.4, -0.2) is 82.8 Å². The molecule has 2 aromatic heterocycles. The van der Waals surface area contributed by atoms with Crippen LogP contribution in [0.3, 0.4) is 0 Å². The van der Waals surface area contributed by atoms with Gasteiger partial charge in [-0.15, -0.1) is 34.4 Å². The summed E-state index contributed by atoms with van der Waals surface area (Å²) in [5.74, 6) is -2.31. The number of rotatable bonds is 10. The standard InChI is InChI=1S/C23H26N6O5S3/c1-29(2,10-14-7-5-9-35-14)8-4-6-13-11-36-21-17(20(31)28(21)18(13)22(32)33)26-19(30)16(27-34-3)15-12-37-23(24)25-15/h4-7,9,12,17,21H,8,10-11H2,1-3H3,(H3-,24,25,26,30,32,33)/b6-4+,27-16-/t17-,21-/m1/s1. The van der Waals surface area contributed by atoms with Gasteiger partial charge in [-0.05, 0) is 23.1 Å². The molecule has 2 atom stereocenters. The second-order valence-electron chi connectivity index (χ2n) is 8.97. The molecule has 196 valence electrons. The summed E-state index contributed by atoms with van der Waals surface area (Å²) in [6.07, 6.45) is 3.67. The van der Waals surface area contributed by atoms with Crippen LogP contribution in [0, 0.1) is 0 Å². The minimum Gasteiger partial charge on any atom is -0.543 e. The number of thiophene rings is 1. The first-order valence-corrected chi connectivity index (χ1v) is 14.0. The SMILES string of the molecule is CO/N=C(\C(=O)N[C@@H]1C(=O)N2C(C(=O)[O-])=C(/C=C/C[N+](C)(C)Cc3cccs3)CS[C@H]12)c1csc(N)n1. The fraction of sp³-hybridized carbons (Fsp3) is 0.348. The van der Waals surface area contributed by atoms with Crippen molar-refractivity contribution in [3.05, 3.63) is 56.9 Å². The summed E-state index contributed by atoms with van der Waals surface area (Å²) >= 11 is 4.19. The Bertz CT molecular complexity index is 1280. The molecule has 4 rings (SSSR count). The highest BCUT2D eigenvalue weighted by Gasteiger charge is 2.53. The van der Waals surface area contributed by atoms with Crippen molar-refractivity contribution in [3.8, 4) is 0 Å². The minimum atomic E-state index is -1.44. The number of likely N-dealkylation sites (N-methyl/N-ethyl adjacent to an activating group) is 1. The molecular weight excluding hydrogens is 536 g/mol. The fourth-order valence-electron chi connectivity index (χ4n) is 4.03. The van der Waals surface area contributed by atoms with Gasteiger partial charge in [0.1, 0.15) is 30.8 Å². The molecule has 2 aliphatic heterocycles. The average molecular weight is 563 g/mol. The Labute approximate surface area is 225 Å². The van der Waals surface area contributed by atoms with Crippen LogP contribution in [0.4, 0.5) is 5.13 Å². The van der Waals surface area contributed by atoms with Gasteiger partial charge >= 0.3 is 0 Å². The van der Waals surface area contributed by atoms with Crippen molar-refractivity contribution < 1.29 is 28.8 Å². The largest absolute Gasteiger partial charge is 0.543 e. The van der Waals surface area contributed by atoms with E-state index in [1.807, 2.05) is 17.5 Å². The molecule has 14 heteroatoms. The number of amides is 2. The second kappa shape index (κ2) is 11.0. The van der Waals surface area contributed by atoms with Crippen molar-refractivity contribution in [3.63, 3.8) is 0 Å². The molecule has 4 heterocycles. The van der Waals surface area contributed by atoms with Gasteiger partial charge in [0.25, 0.3) is 11.8 Å². The number of nitrogens with zero attached hydrogens (tertiary/aromatic N) is 4. The molecule has 1 fully saturated rings. The molecule has 0 radical (unpaired) electrons. The molecule has 0 spiro atoms. The number of oxime groups is 1. The Kier molecular flexibility index (Phi) is 8.02. The van der Waals surface area contributed by atoms with Gasteiger partial charge in [0.05, 0.1) is 37.2 Å². The first-order chi connectivity index (χ1) is 17.6. The van der Waals surface area contributed by atoms with E-state index < -0.39 is 29.2 Å². The monoisotopic (exact) mass is 562 g/mol. The summed E-state index contributed by atoms with van der Waals surface area (Å²) in [6, 6.07) is 3.17. The molecule has 37 heavy (non-hydrogen) atoms. The van der Waals surface area contributed by atoms with Gasteiger partial charge in [-0.1, -0.05) is 17.3 Å². The van der Waals surface area contributed by atoms with Gasteiger partial charge in [-0.3, -0.25) is 14.5 Å². The molecule has 0 unspecified atom stereocenters. The summed E-state index contributed by atoms with van der Waals surface area (Å²) in [6.45, 7) is 1.52. The summed E-state index contributed by atoms with van der Waals surface area (Å²) in [7, 11) is 5.47. The number of aromatic nitrogens is 1. The lowest BCUT2D eigenvalue weighted by Gasteiger charge is -2.50. The number of thiazole rings is 1. The van der Waals surface area contributed by atoms with Crippen LogP contribution in [0.2, 0.25) is 0 Å². The maximum Gasteiger partial charge on any atom is 0.276 e. The number of nitrogen functional groups attached to an aromatic ring is 1. The third kappa shape index (κ3) is 5.87. The van der Waals surface area contributed by atoms with Gasteiger partial charge in [-0.2, -0.15) is 0 Å². The van der Waals surface area contributed by atoms with Gasteiger partial charge in [-0.25, -0.2) is 4.98 Å². The molecule has 0 aliphatic carbocycles. The molecule has 0 aromatic carbocycles. The van der Waals surface area contributed by atoms with Crippen molar-refractivity contribution in [1.82, 2.24) is 15.2 Å². The van der Waals surface area contributed by atoms with E-state index in [1.165, 1.54) is 28.6 Å². The smallest absolute Gasteiger partial charge is 0.276 e. The third-order valence-corrected chi connectivity index (χ3v) is 8.56. The van der Waals surface area contributed by atoms with E-state index >= 15 is 0 Å². The highest BCUT2D eigenvalue weighted by Crippen LogP contribution is 2.40. The normalized spacial score (nSPS) is 20.1. The van der Waals surface area contributed by atoms with E-state index in [-0.39, 0.29) is 22.2 Å². The molecule has 0 bridgehead atoms. The number of allylic oxidation sites excluding steroid dienone is 1. The topological polar surface area (TPSA) is 150 Å². The Hall–Kier alpha value is -3.20. The Morgan fingerprint density at radius 3 is 2.81 bits per heavy atom. The average Bonchev–Trinajstić information content (AvgIpc) is 3.51. The van der Waals surface area contributed by atoms with Crippen molar-refractivity contribution in [2.75, 3.05) is 39.2 Å². The molecular formula is C23H26N6O5S3. The van der Waals surface area contributed by atoms with Gasteiger partial charge in [0.2, 0.25) is 0 Å². The Balaban J connectivity index is 1.46. The number of β-lactam (4-membered cyclic amide) rings is 1. The lowest BCUT2D eigenvalue weighted by atomic mass is 10.0. The van der Waals surface area contributed by atoms with Crippen molar-refractivity contribution in [2.45, 2.75) is 18.0 Å². The number of anilines is 1. The number of aliphatic carboxylic acids is 1. The lowest BCUT2D eigenvalue weighted by Crippen LogP contribution is -2.71. The fourth-order valence-corrected chi connectivity index (χ4v) is 6.81. The first-order valence-electron chi connectivity index (χ1n) is 11.1. The van der Waals surface area contributed by atoms with Crippen LogP contribution in [-0.2, 0) is 25.8 Å². The van der Waals surface area contributed by atoms with Gasteiger partial charge in [0.15, 0.2) is 10.8 Å². The zero-order chi connectivity index (χ0) is 26.7. The molecule has 2 amide bonds. The predicted octanol–water partition coefficient (Wildman–Crippen LogP) is 0.374. The van der Waals surface area contributed by atoms with E-state index in [2.05, 4.69) is 35.6 Å². The summed E-state index contributed by atoms with van der Waals surface area (Å²) in [4.78, 5) is 49.1. The van der Waals surface area contributed by atoms with Crippen LogP contribution >= 0.6 is 34.4 Å². The number of quaternary nitrogens is 1. The van der Waals surface area contributed by atoms with Crippen LogP contribution in [0.15, 0.2) is 51.5 Å². The number of thioether (sulfide) groups is 1. The first kappa shape index (κ1) is 26.9. The Morgan fingerprint density at radius 1 is 1.41 bits per heavy atom. The Morgan fingerprint density at radius 2 is 2.19 bits per heavy atom. The second-order valence-corrected chi connectivity index (χ2v) is 12.0. The number of nitrogens with one attached hydrogen (secondary N) is 1. The van der Waals surface area contributed by atoms with E-state index in [9.17, 15) is 19.5 Å². The quantitative estimate of drug-likeness (QED) is 0.183. The van der Waals surface area contributed by atoms with E-state index in [0.29, 0.717) is 22.4 Å². The summed E-state index contributed by atoms with van der Waals surface area (Å²) in [5.41, 5.74) is 6.05. The number of nitrogens with two attached hydrogens (primary N) is 1. The highest BCUT2D eigenvalue weighted by atomic mass is 32.2. The van der Waals surface area contributed by atoms with E-state index in [4.69, 9.17) is 10.6 Å². The zero-order valence-electron chi connectivity index (χ0n) is 20.4. The van der Waals surface area contributed by atoms with Crippen LogP contribution < -0.4 is 16.2 Å². The number of carboxylic acid groups (broad SMARTS) is 1. The molecule has 11 nitrogen and oxygen atoms in total. The molecule has 3 N–H and O–H groups in total. The number of fused-ring (bicyclic) bond motifs is 1. The van der Waals surface area contributed by atoms with Crippen LogP contribution in [0.1, 0.15) is 10.6 Å². The summed E-state index contributed by atoms with van der Waals surface area (Å²) in [5, 5.41) is 21.6.